The summed E-state index contributed by atoms with van der Waals surface area (Å²) in [7, 11) is 0. The fraction of sp³-hybridized carbons (Fsp3) is 0.300. The monoisotopic (exact) mass is 333 g/mol. The Bertz CT molecular complexity index is 1020. The normalized spacial score (nSPS) is 16.0. The van der Waals surface area contributed by atoms with Crippen molar-refractivity contribution in [2.24, 2.45) is 0 Å². The second-order valence-corrected chi connectivity index (χ2v) is 6.56. The minimum atomic E-state index is 0.467. The third kappa shape index (κ3) is 2.43. The zero-order valence-corrected chi connectivity index (χ0v) is 14.1. The molecule has 5 nitrogen and oxygen atoms in total. The first-order chi connectivity index (χ1) is 12.3. The largest absolute Gasteiger partial charge is 0.436 e. The van der Waals surface area contributed by atoms with Crippen molar-refractivity contribution in [1.29, 1.82) is 0 Å². The zero-order valence-electron chi connectivity index (χ0n) is 14.1. The zero-order chi connectivity index (χ0) is 16.8. The average Bonchev–Trinajstić information content (AvgIpc) is 3.21. The summed E-state index contributed by atoms with van der Waals surface area (Å²) in [5.41, 5.74) is 4.80. The van der Waals surface area contributed by atoms with Crippen LogP contribution in [0.5, 0.6) is 0 Å². The number of fused-ring (bicyclic) bond motifs is 2. The molecule has 0 spiro atoms. The van der Waals surface area contributed by atoms with Gasteiger partial charge in [-0.15, -0.1) is 0 Å². The Morgan fingerprint density at radius 3 is 2.68 bits per heavy atom. The van der Waals surface area contributed by atoms with Crippen molar-refractivity contribution in [3.05, 3.63) is 48.3 Å². The molecule has 1 aliphatic rings. The van der Waals surface area contributed by atoms with Crippen molar-refractivity contribution >= 4 is 22.1 Å². The van der Waals surface area contributed by atoms with Crippen LogP contribution in [0.4, 0.5) is 0 Å². The van der Waals surface area contributed by atoms with Gasteiger partial charge in [-0.2, -0.15) is 0 Å². The number of benzene rings is 2. The van der Waals surface area contributed by atoms with E-state index < -0.39 is 0 Å². The van der Waals surface area contributed by atoms with Crippen molar-refractivity contribution in [1.82, 2.24) is 14.5 Å². The fourth-order valence-corrected chi connectivity index (χ4v) is 3.75. The molecular weight excluding hydrogens is 314 g/mol. The number of hydrogen-bond donors (Lipinski definition) is 0. The lowest BCUT2D eigenvalue weighted by atomic mass is 10.1. The van der Waals surface area contributed by atoms with E-state index in [1.807, 2.05) is 24.3 Å². The summed E-state index contributed by atoms with van der Waals surface area (Å²) in [6.45, 7) is 3.73. The highest BCUT2D eigenvalue weighted by Gasteiger charge is 2.20. The third-order valence-electron chi connectivity index (χ3n) is 4.96. The number of imidazole rings is 1. The first-order valence-electron chi connectivity index (χ1n) is 8.72. The van der Waals surface area contributed by atoms with Gasteiger partial charge in [0.15, 0.2) is 5.58 Å². The molecule has 0 amide bonds. The molecule has 1 aliphatic heterocycles. The lowest BCUT2D eigenvalue weighted by Gasteiger charge is -2.25. The van der Waals surface area contributed by atoms with Gasteiger partial charge in [0.25, 0.3) is 0 Å². The predicted octanol–water partition coefficient (Wildman–Crippen LogP) is 4.50. The van der Waals surface area contributed by atoms with Gasteiger partial charge in [-0.1, -0.05) is 12.1 Å². The predicted molar refractivity (Wildman–Crippen MR) is 96.6 cm³/mol. The molecule has 5 rings (SSSR count). The average molecular weight is 333 g/mol. The van der Waals surface area contributed by atoms with Gasteiger partial charge in [0, 0.05) is 24.8 Å². The maximum atomic E-state index is 5.89. The van der Waals surface area contributed by atoms with Gasteiger partial charge >= 0.3 is 0 Å². The molecule has 0 aliphatic carbocycles. The number of nitrogens with zero attached hydrogens (tertiary/aromatic N) is 3. The lowest BCUT2D eigenvalue weighted by molar-refractivity contribution is 0.0701. The Morgan fingerprint density at radius 2 is 1.84 bits per heavy atom. The van der Waals surface area contributed by atoms with Crippen LogP contribution in [-0.4, -0.2) is 27.7 Å². The van der Waals surface area contributed by atoms with Crippen LogP contribution in [0.25, 0.3) is 33.6 Å². The van der Waals surface area contributed by atoms with Crippen molar-refractivity contribution in [2.45, 2.75) is 25.8 Å². The Morgan fingerprint density at radius 1 is 1.00 bits per heavy atom. The van der Waals surface area contributed by atoms with E-state index in [1.54, 1.807) is 0 Å². The second-order valence-electron chi connectivity index (χ2n) is 6.56. The third-order valence-corrected chi connectivity index (χ3v) is 4.96. The van der Waals surface area contributed by atoms with Crippen LogP contribution in [0.15, 0.2) is 46.9 Å². The van der Waals surface area contributed by atoms with Crippen molar-refractivity contribution in [3.63, 3.8) is 0 Å². The summed E-state index contributed by atoms with van der Waals surface area (Å²) < 4.78 is 13.8. The smallest absolute Gasteiger partial charge is 0.227 e. The van der Waals surface area contributed by atoms with Crippen LogP contribution in [0.1, 0.15) is 24.7 Å². The molecule has 0 N–H and O–H groups in total. The van der Waals surface area contributed by atoms with E-state index in [-0.39, 0.29) is 0 Å². The van der Waals surface area contributed by atoms with Crippen LogP contribution in [0.2, 0.25) is 0 Å². The number of oxazole rings is 1. The van der Waals surface area contributed by atoms with E-state index in [0.29, 0.717) is 11.9 Å². The summed E-state index contributed by atoms with van der Waals surface area (Å²) in [4.78, 5) is 9.37. The van der Waals surface area contributed by atoms with E-state index in [4.69, 9.17) is 14.1 Å². The molecule has 1 fully saturated rings. The summed E-state index contributed by atoms with van der Waals surface area (Å²) >= 11 is 0. The molecule has 4 aromatic rings. The minimum absolute atomic E-state index is 0.467. The standard InChI is InChI=1S/C20H19N3O2/c1-13-21-17-12-14(20-22-16-4-2-3-5-19(16)25-20)6-7-18(17)23(13)15-8-10-24-11-9-15/h2-7,12,15H,8-11H2,1H3. The van der Waals surface area contributed by atoms with Crippen LogP contribution < -0.4 is 0 Å². The van der Waals surface area contributed by atoms with E-state index in [2.05, 4.69) is 34.7 Å². The molecule has 5 heteroatoms. The van der Waals surface area contributed by atoms with Crippen LogP contribution in [0.3, 0.4) is 0 Å². The number of aromatic nitrogens is 3. The van der Waals surface area contributed by atoms with Crippen molar-refractivity contribution in [2.75, 3.05) is 13.2 Å². The number of ether oxygens (including phenoxy) is 1. The number of rotatable bonds is 2. The molecule has 126 valence electrons. The van der Waals surface area contributed by atoms with E-state index in [1.165, 1.54) is 5.52 Å². The Labute approximate surface area is 145 Å². The molecule has 0 radical (unpaired) electrons. The number of aryl methyl sites for hydroxylation is 1. The summed E-state index contributed by atoms with van der Waals surface area (Å²) in [6.07, 6.45) is 2.08. The van der Waals surface area contributed by atoms with Crippen LogP contribution in [-0.2, 0) is 4.74 Å². The summed E-state index contributed by atoms with van der Waals surface area (Å²) in [5, 5.41) is 0. The molecule has 2 aromatic heterocycles. The maximum absolute atomic E-state index is 5.89. The number of para-hydroxylation sites is 2. The van der Waals surface area contributed by atoms with E-state index in [9.17, 15) is 0 Å². The van der Waals surface area contributed by atoms with Gasteiger partial charge in [-0.25, -0.2) is 9.97 Å². The molecule has 0 unspecified atom stereocenters. The topological polar surface area (TPSA) is 53.1 Å². The summed E-state index contributed by atoms with van der Waals surface area (Å²) in [5.74, 6) is 1.69. The molecule has 0 saturated carbocycles. The fourth-order valence-electron chi connectivity index (χ4n) is 3.75. The Hall–Kier alpha value is -2.66. The summed E-state index contributed by atoms with van der Waals surface area (Å²) in [6, 6.07) is 14.6. The second kappa shape index (κ2) is 5.70. The van der Waals surface area contributed by atoms with E-state index >= 15 is 0 Å². The van der Waals surface area contributed by atoms with Crippen molar-refractivity contribution in [3.8, 4) is 11.5 Å². The number of hydrogen-bond acceptors (Lipinski definition) is 4. The SMILES string of the molecule is Cc1nc2cc(-c3nc4ccccc4o3)ccc2n1C1CCOCC1. The highest BCUT2D eigenvalue weighted by Crippen LogP contribution is 2.31. The van der Waals surface area contributed by atoms with Crippen LogP contribution in [0, 0.1) is 6.92 Å². The van der Waals surface area contributed by atoms with Gasteiger partial charge in [0.05, 0.1) is 11.0 Å². The Balaban J connectivity index is 1.60. The molecule has 2 aromatic carbocycles. The highest BCUT2D eigenvalue weighted by atomic mass is 16.5. The van der Waals surface area contributed by atoms with Gasteiger partial charge in [-0.3, -0.25) is 0 Å². The molecule has 0 atom stereocenters. The molecule has 25 heavy (non-hydrogen) atoms. The quantitative estimate of drug-likeness (QED) is 0.542. The molecular formula is C20H19N3O2. The van der Waals surface area contributed by atoms with Gasteiger partial charge in [-0.05, 0) is 50.1 Å². The van der Waals surface area contributed by atoms with Crippen molar-refractivity contribution < 1.29 is 9.15 Å². The first kappa shape index (κ1) is 14.7. The van der Waals surface area contributed by atoms with E-state index in [0.717, 1.165) is 54.1 Å². The van der Waals surface area contributed by atoms with Gasteiger partial charge in [0.2, 0.25) is 5.89 Å². The van der Waals surface area contributed by atoms with Crippen LogP contribution >= 0.6 is 0 Å². The Kier molecular flexibility index (Phi) is 3.35. The molecule has 1 saturated heterocycles. The minimum Gasteiger partial charge on any atom is -0.436 e. The van der Waals surface area contributed by atoms with Gasteiger partial charge in [0.1, 0.15) is 11.3 Å². The van der Waals surface area contributed by atoms with Gasteiger partial charge < -0.3 is 13.7 Å². The molecule has 3 heterocycles. The maximum Gasteiger partial charge on any atom is 0.227 e. The lowest BCUT2D eigenvalue weighted by Crippen LogP contribution is -2.20. The molecule has 0 bridgehead atoms. The highest BCUT2D eigenvalue weighted by molar-refractivity contribution is 5.83. The first-order valence-corrected chi connectivity index (χ1v) is 8.72.